The number of nitrogens with two attached hydrogens (primary N) is 1. The Morgan fingerprint density at radius 1 is 0.551 bits per heavy atom. The van der Waals surface area contributed by atoms with Gasteiger partial charge < -0.3 is 61.9 Å². The van der Waals surface area contributed by atoms with E-state index < -0.39 is 130 Å². The Balaban J connectivity index is 1.51. The van der Waals surface area contributed by atoms with Crippen molar-refractivity contribution < 1.29 is 62.5 Å². The van der Waals surface area contributed by atoms with E-state index in [1.807, 2.05) is 139 Å². The number of carbonyl (C=O) groups is 9. The third-order valence-corrected chi connectivity index (χ3v) is 17.5. The van der Waals surface area contributed by atoms with Gasteiger partial charge in [0.2, 0.25) is 41.4 Å². The lowest BCUT2D eigenvalue weighted by molar-refractivity contribution is -0.158. The van der Waals surface area contributed by atoms with Crippen LogP contribution in [0.1, 0.15) is 156 Å². The minimum atomic E-state index is -1.79. The molecule has 5 rings (SSSR count). The topological polar surface area (TPSA) is 303 Å². The molecule has 0 unspecified atom stereocenters. The Hall–Kier alpha value is -8.95. The Labute approximate surface area is 579 Å². The summed E-state index contributed by atoms with van der Waals surface area (Å²) in [5, 5.41) is 26.5. The summed E-state index contributed by atoms with van der Waals surface area (Å²) in [5.74, 6) is -8.02. The first kappa shape index (κ1) is 79.7. The number of esters is 2. The minimum absolute atomic E-state index is 0.0780. The van der Waals surface area contributed by atoms with Crippen molar-refractivity contribution >= 4 is 53.3 Å². The number of hydrogen-bond acceptors (Lipinski definition) is 14. The fourth-order valence-corrected chi connectivity index (χ4v) is 11.3. The maximum Gasteiger partial charge on any atom is 0.329 e. The molecule has 0 aliphatic rings. The molecule has 0 aliphatic carbocycles. The molecule has 9 N–H and O–H groups in total. The van der Waals surface area contributed by atoms with Crippen LogP contribution < -0.4 is 42.4 Å². The zero-order valence-electron chi connectivity index (χ0n) is 59.4. The van der Waals surface area contributed by atoms with E-state index in [1.54, 1.807) is 83.1 Å². The number of ether oxygens (including phenoxy) is 3. The average molecular weight is 1350 g/mol. The summed E-state index contributed by atoms with van der Waals surface area (Å²) in [6.45, 7) is 20.9. The first-order valence-corrected chi connectivity index (χ1v) is 34.3. The van der Waals surface area contributed by atoms with Crippen molar-refractivity contribution in [3.05, 3.63) is 173 Å². The van der Waals surface area contributed by atoms with Crippen LogP contribution in [0.4, 0.5) is 0 Å². The van der Waals surface area contributed by atoms with Gasteiger partial charge in [0.25, 0.3) is 0 Å². The normalized spacial score (nSPS) is 14.7. The quantitative estimate of drug-likeness (QED) is 0.0137. The first-order chi connectivity index (χ1) is 46.5. The van der Waals surface area contributed by atoms with Gasteiger partial charge in [-0.05, 0) is 111 Å². The third kappa shape index (κ3) is 24.0. The highest BCUT2D eigenvalue weighted by atomic mass is 16.5. The van der Waals surface area contributed by atoms with Crippen molar-refractivity contribution in [2.45, 2.75) is 200 Å². The van der Waals surface area contributed by atoms with E-state index in [4.69, 9.17) is 19.9 Å². The molecule has 0 aromatic heterocycles. The number of carbonyl (C=O) groups excluding carboxylic acids is 9. The molecule has 21 heteroatoms. The van der Waals surface area contributed by atoms with Gasteiger partial charge in [0.15, 0.2) is 0 Å². The number of benzene rings is 5. The molecule has 98 heavy (non-hydrogen) atoms. The number of amides is 7. The zero-order valence-corrected chi connectivity index (χ0v) is 59.4. The molecule has 5 aromatic carbocycles. The average Bonchev–Trinajstić information content (AvgIpc) is 0.761. The summed E-state index contributed by atoms with van der Waals surface area (Å²) in [5.41, 5.74) is 8.85. The lowest BCUT2D eigenvalue weighted by atomic mass is 9.69. The van der Waals surface area contributed by atoms with Crippen molar-refractivity contribution in [2.24, 2.45) is 29.4 Å². The predicted octanol–water partition coefficient (Wildman–Crippen LogP) is 8.16. The van der Waals surface area contributed by atoms with Crippen molar-refractivity contribution in [1.82, 2.24) is 36.8 Å². The Morgan fingerprint density at radius 2 is 1.05 bits per heavy atom. The number of nitrogens with zero attached hydrogens (tertiary/aromatic N) is 1. The molecule has 0 spiro atoms. The number of aliphatic hydroxyl groups is 1. The van der Waals surface area contributed by atoms with Gasteiger partial charge in [0.1, 0.15) is 60.3 Å². The monoisotopic (exact) mass is 1350 g/mol. The summed E-state index contributed by atoms with van der Waals surface area (Å²) < 4.78 is 18.0. The van der Waals surface area contributed by atoms with Gasteiger partial charge in [-0.15, -0.1) is 0 Å². The van der Waals surface area contributed by atoms with Crippen LogP contribution in [-0.4, -0.2) is 137 Å². The van der Waals surface area contributed by atoms with Gasteiger partial charge in [0.05, 0.1) is 11.5 Å². The van der Waals surface area contributed by atoms with E-state index in [1.165, 1.54) is 18.9 Å². The largest absolute Gasteiger partial charge is 0.488 e. The second-order valence-corrected chi connectivity index (χ2v) is 27.2. The van der Waals surface area contributed by atoms with Gasteiger partial charge in [-0.1, -0.05) is 202 Å². The molecule has 532 valence electrons. The van der Waals surface area contributed by atoms with Crippen molar-refractivity contribution in [2.75, 3.05) is 20.2 Å². The molecular weight excluding hydrogens is 1240 g/mol. The summed E-state index contributed by atoms with van der Waals surface area (Å²) in [7, 11) is 1.43. The molecule has 0 saturated carbocycles. The smallest absolute Gasteiger partial charge is 0.329 e. The molecule has 0 fully saturated rings. The summed E-state index contributed by atoms with van der Waals surface area (Å²) in [6.07, 6.45) is -0.922. The van der Waals surface area contributed by atoms with Crippen LogP contribution in [0.5, 0.6) is 5.75 Å². The highest BCUT2D eigenvalue weighted by molar-refractivity contribution is 5.96. The van der Waals surface area contributed by atoms with E-state index in [9.17, 15) is 29.1 Å². The molecule has 0 saturated heterocycles. The molecule has 5 aromatic rings. The molecule has 21 nitrogen and oxygen atoms in total. The number of aliphatic hydroxyl groups excluding tert-OH is 1. The van der Waals surface area contributed by atoms with Gasteiger partial charge in [-0.3, -0.25) is 33.6 Å². The standard InChI is InChI=1S/C77H106N8O13/c1-14-51(7)65(82-69(89)60(78)37-28-44-86)73(93)85(13)63(46-54-38-40-59(41-39-54)98-76(10,11)12)71(91)83-66(52(8)15-2)75(95)97-53(9)67(72(92)81-62(45-49(3)4)74(94)96-47-55-29-20-16-21-30-55)84-70(90)61(80-68(88)50(5)6)42-43-64(87)79-48-77(56-31-22-17-23-32-56,57-33-24-18-25-34-57)58-35-26-19-27-36-58/h16-27,29-36,38-41,49-53,60-63,65-67,86H,14-15,28,37,42-48,78H2,1-13H3,(H,79,87)(H,80,88)(H,81,92)(H,82,89)(H,83,91)(H,84,90)/t51-,52-,53+,60-,61-,62-,63-,65-,66-,67-/m0/s1. The summed E-state index contributed by atoms with van der Waals surface area (Å²) >= 11 is 0. The van der Waals surface area contributed by atoms with E-state index in [-0.39, 0.29) is 64.2 Å². The maximum atomic E-state index is 15.2. The van der Waals surface area contributed by atoms with Crippen LogP contribution in [0.25, 0.3) is 0 Å². The maximum absolute atomic E-state index is 15.2. The van der Waals surface area contributed by atoms with E-state index in [0.717, 1.165) is 16.7 Å². The number of likely N-dealkylation sites (N-methyl/N-ethyl adjacent to an activating group) is 1. The van der Waals surface area contributed by atoms with Crippen molar-refractivity contribution in [1.29, 1.82) is 0 Å². The summed E-state index contributed by atoms with van der Waals surface area (Å²) in [6, 6.07) is 35.8. The Bertz CT molecular complexity index is 3250. The fraction of sp³-hybridized carbons (Fsp3) is 0.494. The number of rotatable bonds is 38. The van der Waals surface area contributed by atoms with Crippen molar-refractivity contribution in [3.63, 3.8) is 0 Å². The lowest BCUT2D eigenvalue weighted by Crippen LogP contribution is -2.61. The zero-order chi connectivity index (χ0) is 72.3. The van der Waals surface area contributed by atoms with Crippen LogP contribution >= 0.6 is 0 Å². The molecule has 0 bridgehead atoms. The van der Waals surface area contributed by atoms with Gasteiger partial charge >= 0.3 is 11.9 Å². The van der Waals surface area contributed by atoms with Gasteiger partial charge in [0, 0.05) is 39.0 Å². The molecular formula is C77H106N8O13. The first-order valence-electron chi connectivity index (χ1n) is 34.3. The minimum Gasteiger partial charge on any atom is -0.488 e. The Kier molecular flexibility index (Phi) is 31.6. The lowest BCUT2D eigenvalue weighted by Gasteiger charge is -2.36. The molecule has 0 radical (unpaired) electrons. The van der Waals surface area contributed by atoms with Crippen LogP contribution in [0.15, 0.2) is 146 Å². The molecule has 0 aliphatic heterocycles. The molecule has 7 amide bonds. The summed E-state index contributed by atoms with van der Waals surface area (Å²) in [4.78, 5) is 132. The van der Waals surface area contributed by atoms with Gasteiger partial charge in [-0.25, -0.2) is 9.59 Å². The fourth-order valence-electron chi connectivity index (χ4n) is 11.3. The van der Waals surface area contributed by atoms with E-state index in [0.29, 0.717) is 29.7 Å². The van der Waals surface area contributed by atoms with Crippen LogP contribution in [0, 0.1) is 23.7 Å². The SMILES string of the molecule is CC[C@H](C)[C@H](NC(=O)[C@H](Cc1ccc(OC(C)(C)C)cc1)N(C)C(=O)[C@@H](NC(=O)[C@@H](N)CCCO)[C@@H](C)CC)C(=O)O[C@H](C)[C@H](NC(=O)[C@H](CCC(=O)NCC(c1ccccc1)(c1ccccc1)c1ccccc1)NC(=O)C(C)C)C(=O)N[C@@H](CC(C)C)C(=O)OCc1ccccc1. The Morgan fingerprint density at radius 3 is 1.55 bits per heavy atom. The van der Waals surface area contributed by atoms with E-state index in [2.05, 4.69) is 31.9 Å². The predicted molar refractivity (Wildman–Crippen MR) is 377 cm³/mol. The number of nitrogens with one attached hydrogen (secondary N) is 6. The highest BCUT2D eigenvalue weighted by Gasteiger charge is 2.42. The third-order valence-electron chi connectivity index (χ3n) is 17.5. The molecule has 0 heterocycles. The number of hydrogen-bond donors (Lipinski definition) is 8. The second kappa shape index (κ2) is 38.9. The van der Waals surface area contributed by atoms with Crippen LogP contribution in [0.2, 0.25) is 0 Å². The van der Waals surface area contributed by atoms with Crippen LogP contribution in [-0.2, 0) is 71.1 Å². The van der Waals surface area contributed by atoms with E-state index >= 15 is 19.2 Å². The second-order valence-electron chi connectivity index (χ2n) is 27.2. The van der Waals surface area contributed by atoms with Gasteiger partial charge in [-0.2, -0.15) is 0 Å². The molecule has 10 atom stereocenters. The van der Waals surface area contributed by atoms with Crippen molar-refractivity contribution in [3.8, 4) is 5.75 Å². The van der Waals surface area contributed by atoms with Crippen LogP contribution in [0.3, 0.4) is 0 Å². The highest BCUT2D eigenvalue weighted by Crippen LogP contribution is 2.39.